The van der Waals surface area contributed by atoms with E-state index in [1.165, 1.54) is 24.3 Å². The minimum atomic E-state index is -4.75. The molecule has 0 spiro atoms. The quantitative estimate of drug-likeness (QED) is 0.643. The first kappa shape index (κ1) is 19.0. The Hall–Kier alpha value is -3.36. The van der Waals surface area contributed by atoms with E-state index in [2.05, 4.69) is 14.9 Å². The van der Waals surface area contributed by atoms with Gasteiger partial charge in [0, 0.05) is 24.2 Å². The van der Waals surface area contributed by atoms with Gasteiger partial charge in [-0.1, -0.05) is 17.7 Å². The summed E-state index contributed by atoms with van der Waals surface area (Å²) in [6, 6.07) is 12.8. The number of benzene rings is 2. The Labute approximate surface area is 163 Å². The smallest absolute Gasteiger partial charge is 0.420 e. The summed E-state index contributed by atoms with van der Waals surface area (Å²) < 4.78 is 46.3. The van der Waals surface area contributed by atoms with Gasteiger partial charge in [0.05, 0.1) is 5.92 Å². The number of hydrogen-bond donors (Lipinski definition) is 0. The van der Waals surface area contributed by atoms with Gasteiger partial charge in [0.1, 0.15) is 5.75 Å². The molecule has 1 fully saturated rings. The third kappa shape index (κ3) is 4.23. The van der Waals surface area contributed by atoms with Gasteiger partial charge in [0.25, 0.3) is 0 Å². The van der Waals surface area contributed by atoms with Gasteiger partial charge in [0.2, 0.25) is 17.7 Å². The molecule has 0 aliphatic carbocycles. The summed E-state index contributed by atoms with van der Waals surface area (Å²) in [5.74, 6) is -0.139. The van der Waals surface area contributed by atoms with Crippen molar-refractivity contribution in [1.29, 1.82) is 0 Å². The number of hydrogen-bond acceptors (Lipinski definition) is 5. The van der Waals surface area contributed by atoms with Gasteiger partial charge in [-0.3, -0.25) is 4.79 Å². The molecule has 2 aromatic carbocycles. The van der Waals surface area contributed by atoms with Gasteiger partial charge in [0.15, 0.2) is 0 Å². The molecule has 150 valence electrons. The van der Waals surface area contributed by atoms with Crippen LogP contribution in [0.5, 0.6) is 5.75 Å². The van der Waals surface area contributed by atoms with E-state index in [4.69, 9.17) is 4.42 Å². The fourth-order valence-electron chi connectivity index (χ4n) is 3.16. The highest BCUT2D eigenvalue weighted by molar-refractivity contribution is 5.96. The zero-order chi connectivity index (χ0) is 20.6. The van der Waals surface area contributed by atoms with Gasteiger partial charge < -0.3 is 14.1 Å². The summed E-state index contributed by atoms with van der Waals surface area (Å²) >= 11 is 0. The van der Waals surface area contributed by atoms with Gasteiger partial charge in [-0.25, -0.2) is 0 Å². The number of carbonyl (C=O) groups excluding carboxylic acids is 1. The van der Waals surface area contributed by atoms with Crippen molar-refractivity contribution in [3.05, 3.63) is 60.0 Å². The largest absolute Gasteiger partial charge is 0.573 e. The van der Waals surface area contributed by atoms with Crippen molar-refractivity contribution >= 4 is 11.6 Å². The Balaban J connectivity index is 1.48. The van der Waals surface area contributed by atoms with Gasteiger partial charge in [-0.05, 0) is 43.3 Å². The standard InChI is InChI=1S/C20H16F3N3O3/c1-12-2-6-15(7-3-12)26-11-14(10-17(26)27)19-25-24-18(28-19)13-4-8-16(9-5-13)29-20(21,22)23/h2-9,14H,10-11H2,1H3. The fraction of sp³-hybridized carbons (Fsp3) is 0.250. The third-order valence-corrected chi connectivity index (χ3v) is 4.60. The number of nitrogens with zero attached hydrogens (tertiary/aromatic N) is 3. The van der Waals surface area contributed by atoms with Crippen LogP contribution in [0.25, 0.3) is 11.5 Å². The van der Waals surface area contributed by atoms with Crippen LogP contribution in [-0.2, 0) is 4.79 Å². The van der Waals surface area contributed by atoms with Crippen LogP contribution in [0.2, 0.25) is 0 Å². The molecule has 3 aromatic rings. The van der Waals surface area contributed by atoms with Crippen molar-refractivity contribution in [2.75, 3.05) is 11.4 Å². The Morgan fingerprint density at radius 3 is 2.41 bits per heavy atom. The van der Waals surface area contributed by atoms with E-state index in [1.54, 1.807) is 4.90 Å². The van der Waals surface area contributed by atoms with Crippen LogP contribution in [0.3, 0.4) is 0 Å². The number of rotatable bonds is 4. The van der Waals surface area contributed by atoms with Crippen LogP contribution in [0.4, 0.5) is 18.9 Å². The van der Waals surface area contributed by atoms with Crippen molar-refractivity contribution in [2.45, 2.75) is 25.6 Å². The molecule has 6 nitrogen and oxygen atoms in total. The molecule has 0 bridgehead atoms. The molecule has 1 saturated heterocycles. The van der Waals surface area contributed by atoms with Crippen LogP contribution in [0, 0.1) is 6.92 Å². The van der Waals surface area contributed by atoms with Crippen LogP contribution < -0.4 is 9.64 Å². The van der Waals surface area contributed by atoms with Crippen LogP contribution in [0.1, 0.15) is 23.8 Å². The van der Waals surface area contributed by atoms with E-state index in [0.29, 0.717) is 18.0 Å². The minimum Gasteiger partial charge on any atom is -0.420 e. The summed E-state index contributed by atoms with van der Waals surface area (Å²) in [6.07, 6.45) is -4.51. The zero-order valence-corrected chi connectivity index (χ0v) is 15.3. The first-order valence-corrected chi connectivity index (χ1v) is 8.85. The van der Waals surface area contributed by atoms with Gasteiger partial charge >= 0.3 is 6.36 Å². The zero-order valence-electron chi connectivity index (χ0n) is 15.3. The summed E-state index contributed by atoms with van der Waals surface area (Å²) in [7, 11) is 0. The Kier molecular flexibility index (Phi) is 4.73. The number of halogens is 3. The normalized spacial score (nSPS) is 17.0. The number of alkyl halides is 3. The van der Waals surface area contributed by atoms with Crippen LogP contribution in [-0.4, -0.2) is 29.0 Å². The van der Waals surface area contributed by atoms with Crippen molar-refractivity contribution in [1.82, 2.24) is 10.2 Å². The Morgan fingerprint density at radius 2 is 1.76 bits per heavy atom. The molecule has 1 unspecified atom stereocenters. The molecule has 9 heteroatoms. The van der Waals surface area contributed by atoms with E-state index in [1.807, 2.05) is 31.2 Å². The number of carbonyl (C=O) groups is 1. The van der Waals surface area contributed by atoms with E-state index in [-0.39, 0.29) is 29.9 Å². The highest BCUT2D eigenvalue weighted by Crippen LogP contribution is 2.33. The van der Waals surface area contributed by atoms with E-state index in [9.17, 15) is 18.0 Å². The van der Waals surface area contributed by atoms with Crippen LogP contribution in [0.15, 0.2) is 52.9 Å². The molecule has 1 aliphatic heterocycles. The first-order valence-electron chi connectivity index (χ1n) is 8.85. The monoisotopic (exact) mass is 403 g/mol. The molecule has 2 heterocycles. The SMILES string of the molecule is Cc1ccc(N2CC(c3nnc(-c4ccc(OC(F)(F)F)cc4)o3)CC2=O)cc1. The summed E-state index contributed by atoms with van der Waals surface area (Å²) in [5, 5.41) is 7.99. The minimum absolute atomic E-state index is 0.0349. The second-order valence-corrected chi connectivity index (χ2v) is 6.76. The second kappa shape index (κ2) is 7.23. The first-order chi connectivity index (χ1) is 13.8. The molecule has 1 aliphatic rings. The second-order valence-electron chi connectivity index (χ2n) is 6.76. The summed E-state index contributed by atoms with van der Waals surface area (Å²) in [5.41, 5.74) is 2.37. The highest BCUT2D eigenvalue weighted by Gasteiger charge is 2.35. The predicted molar refractivity (Wildman–Crippen MR) is 97.3 cm³/mol. The Bertz CT molecular complexity index is 1010. The lowest BCUT2D eigenvalue weighted by Crippen LogP contribution is -2.24. The van der Waals surface area contributed by atoms with Gasteiger partial charge in [-0.2, -0.15) is 0 Å². The molecule has 4 rings (SSSR count). The van der Waals surface area contributed by atoms with Crippen molar-refractivity contribution in [3.8, 4) is 17.2 Å². The fourth-order valence-corrected chi connectivity index (χ4v) is 3.16. The Morgan fingerprint density at radius 1 is 1.07 bits per heavy atom. The molecular formula is C20H16F3N3O3. The average Bonchev–Trinajstić information content (AvgIpc) is 3.29. The lowest BCUT2D eigenvalue weighted by atomic mass is 10.1. The molecule has 0 N–H and O–H groups in total. The molecule has 1 atom stereocenters. The molecule has 1 amide bonds. The lowest BCUT2D eigenvalue weighted by molar-refractivity contribution is -0.274. The number of aryl methyl sites for hydroxylation is 1. The highest BCUT2D eigenvalue weighted by atomic mass is 19.4. The van der Waals surface area contributed by atoms with E-state index < -0.39 is 6.36 Å². The number of ether oxygens (including phenoxy) is 1. The predicted octanol–water partition coefficient (Wildman–Crippen LogP) is 4.46. The van der Waals surface area contributed by atoms with Crippen LogP contribution >= 0.6 is 0 Å². The summed E-state index contributed by atoms with van der Waals surface area (Å²) in [6.45, 7) is 2.39. The number of aromatic nitrogens is 2. The molecule has 0 radical (unpaired) electrons. The molecule has 1 aromatic heterocycles. The maximum Gasteiger partial charge on any atom is 0.573 e. The van der Waals surface area contributed by atoms with E-state index >= 15 is 0 Å². The molecule has 29 heavy (non-hydrogen) atoms. The topological polar surface area (TPSA) is 68.5 Å². The third-order valence-electron chi connectivity index (χ3n) is 4.60. The summed E-state index contributed by atoms with van der Waals surface area (Å²) in [4.78, 5) is 14.1. The molecular weight excluding hydrogens is 387 g/mol. The van der Waals surface area contributed by atoms with Gasteiger partial charge in [-0.15, -0.1) is 23.4 Å². The maximum absolute atomic E-state index is 12.4. The maximum atomic E-state index is 12.4. The molecule has 0 saturated carbocycles. The van der Waals surface area contributed by atoms with Crippen molar-refractivity contribution in [2.24, 2.45) is 0 Å². The number of amides is 1. The number of anilines is 1. The van der Waals surface area contributed by atoms with E-state index in [0.717, 1.165) is 11.3 Å². The van der Waals surface area contributed by atoms with Crippen molar-refractivity contribution in [3.63, 3.8) is 0 Å². The average molecular weight is 403 g/mol. The van der Waals surface area contributed by atoms with Crippen molar-refractivity contribution < 1.29 is 27.1 Å². The lowest BCUT2D eigenvalue weighted by Gasteiger charge is -2.16.